The van der Waals surface area contributed by atoms with Gasteiger partial charge in [-0.15, -0.1) is 0 Å². The van der Waals surface area contributed by atoms with Gasteiger partial charge in [0, 0.05) is 0 Å². The molecular formula is C22H23NO4S. The molecule has 1 fully saturated rings. The van der Waals surface area contributed by atoms with Gasteiger partial charge in [-0.05, 0) is 61.9 Å². The van der Waals surface area contributed by atoms with Crippen LogP contribution in [0.15, 0.2) is 47.4 Å². The Kier molecular flexibility index (Phi) is 6.09. The molecule has 146 valence electrons. The first-order valence-corrected chi connectivity index (χ1v) is 9.84. The van der Waals surface area contributed by atoms with Crippen LogP contribution in [0.4, 0.5) is 4.79 Å². The van der Waals surface area contributed by atoms with E-state index in [4.69, 9.17) is 9.47 Å². The van der Waals surface area contributed by atoms with Crippen LogP contribution >= 0.6 is 11.8 Å². The van der Waals surface area contributed by atoms with Gasteiger partial charge in [0.1, 0.15) is 0 Å². The van der Waals surface area contributed by atoms with Gasteiger partial charge < -0.3 is 9.47 Å². The first kappa shape index (κ1) is 20.0. The van der Waals surface area contributed by atoms with E-state index >= 15 is 0 Å². The standard InChI is InChI=1S/C22H23NO4S/c1-14(2)27-18-9-8-16(11-19(18)26-4)12-20-21(24)23(22(25)28-20)13-17-7-5-6-15(3)10-17/h5-12,14H,13H2,1-4H3/b20-12-. The maximum Gasteiger partial charge on any atom is 0.293 e. The number of hydrogen-bond acceptors (Lipinski definition) is 5. The number of nitrogens with zero attached hydrogens (tertiary/aromatic N) is 1. The fourth-order valence-corrected chi connectivity index (χ4v) is 3.74. The van der Waals surface area contributed by atoms with Crippen LogP contribution in [0.3, 0.4) is 0 Å². The van der Waals surface area contributed by atoms with Crippen LogP contribution in [0.5, 0.6) is 11.5 Å². The zero-order valence-corrected chi connectivity index (χ0v) is 17.2. The third-order valence-electron chi connectivity index (χ3n) is 4.14. The number of hydrogen-bond donors (Lipinski definition) is 0. The molecule has 0 radical (unpaired) electrons. The third kappa shape index (κ3) is 4.57. The number of amides is 2. The normalized spacial score (nSPS) is 15.6. The van der Waals surface area contributed by atoms with Crippen molar-refractivity contribution in [2.45, 2.75) is 33.4 Å². The summed E-state index contributed by atoms with van der Waals surface area (Å²) in [5.41, 5.74) is 2.80. The number of thioether (sulfide) groups is 1. The van der Waals surface area contributed by atoms with Crippen molar-refractivity contribution < 1.29 is 19.1 Å². The van der Waals surface area contributed by atoms with Gasteiger partial charge in [0.2, 0.25) is 0 Å². The Morgan fingerprint density at radius 1 is 1.11 bits per heavy atom. The van der Waals surface area contributed by atoms with E-state index in [-0.39, 0.29) is 23.8 Å². The summed E-state index contributed by atoms with van der Waals surface area (Å²) in [6.45, 7) is 6.14. The summed E-state index contributed by atoms with van der Waals surface area (Å²) in [6.07, 6.45) is 1.74. The first-order chi connectivity index (χ1) is 13.4. The molecule has 0 bridgehead atoms. The Morgan fingerprint density at radius 3 is 2.57 bits per heavy atom. The molecule has 2 amide bonds. The minimum atomic E-state index is -0.280. The summed E-state index contributed by atoms with van der Waals surface area (Å²) in [6, 6.07) is 13.2. The molecule has 2 aromatic rings. The highest BCUT2D eigenvalue weighted by molar-refractivity contribution is 8.18. The Labute approximate surface area is 169 Å². The molecule has 6 heteroatoms. The molecule has 1 aliphatic heterocycles. The number of ether oxygens (including phenoxy) is 2. The first-order valence-electron chi connectivity index (χ1n) is 9.03. The lowest BCUT2D eigenvalue weighted by molar-refractivity contribution is -0.123. The maximum absolute atomic E-state index is 12.7. The van der Waals surface area contributed by atoms with Gasteiger partial charge in [-0.2, -0.15) is 0 Å². The summed E-state index contributed by atoms with van der Waals surface area (Å²) in [7, 11) is 1.57. The molecular weight excluding hydrogens is 374 g/mol. The molecule has 3 rings (SSSR count). The van der Waals surface area contributed by atoms with Gasteiger partial charge in [-0.1, -0.05) is 35.9 Å². The second-order valence-electron chi connectivity index (χ2n) is 6.83. The topological polar surface area (TPSA) is 55.8 Å². The van der Waals surface area contributed by atoms with Gasteiger partial charge in [-0.25, -0.2) is 0 Å². The van der Waals surface area contributed by atoms with Crippen LogP contribution in [-0.2, 0) is 11.3 Å². The van der Waals surface area contributed by atoms with Crippen LogP contribution in [-0.4, -0.2) is 29.3 Å². The molecule has 5 nitrogen and oxygen atoms in total. The van der Waals surface area contributed by atoms with Crippen molar-refractivity contribution in [1.29, 1.82) is 0 Å². The smallest absolute Gasteiger partial charge is 0.293 e. The zero-order chi connectivity index (χ0) is 20.3. The molecule has 1 heterocycles. The SMILES string of the molecule is COc1cc(/C=C2\SC(=O)N(Cc3cccc(C)c3)C2=O)ccc1OC(C)C. The molecule has 0 N–H and O–H groups in total. The second-order valence-corrected chi connectivity index (χ2v) is 7.83. The molecule has 1 saturated heterocycles. The largest absolute Gasteiger partial charge is 0.493 e. The van der Waals surface area contributed by atoms with E-state index < -0.39 is 0 Å². The van der Waals surface area contributed by atoms with Gasteiger partial charge in [-0.3, -0.25) is 14.5 Å². The Bertz CT molecular complexity index is 936. The highest BCUT2D eigenvalue weighted by Crippen LogP contribution is 2.35. The number of rotatable bonds is 6. The van der Waals surface area contributed by atoms with E-state index in [0.717, 1.165) is 28.5 Å². The average Bonchev–Trinajstić information content (AvgIpc) is 2.90. The lowest BCUT2D eigenvalue weighted by atomic mass is 10.1. The zero-order valence-electron chi connectivity index (χ0n) is 16.4. The van der Waals surface area contributed by atoms with Crippen molar-refractivity contribution >= 4 is 29.0 Å². The van der Waals surface area contributed by atoms with E-state index in [9.17, 15) is 9.59 Å². The second kappa shape index (κ2) is 8.52. The van der Waals surface area contributed by atoms with Gasteiger partial charge >= 0.3 is 0 Å². The monoisotopic (exact) mass is 397 g/mol. The minimum absolute atomic E-state index is 0.0258. The van der Waals surface area contributed by atoms with Crippen molar-refractivity contribution in [3.05, 3.63) is 64.1 Å². The molecule has 28 heavy (non-hydrogen) atoms. The van der Waals surface area contributed by atoms with Gasteiger partial charge in [0.15, 0.2) is 11.5 Å². The van der Waals surface area contributed by atoms with Crippen molar-refractivity contribution in [3.8, 4) is 11.5 Å². The number of carbonyl (C=O) groups excluding carboxylic acids is 2. The van der Waals surface area contributed by atoms with Crippen LogP contribution in [0.2, 0.25) is 0 Å². The Hall–Kier alpha value is -2.73. The molecule has 0 saturated carbocycles. The quantitative estimate of drug-likeness (QED) is 0.640. The summed E-state index contributed by atoms with van der Waals surface area (Å²) >= 11 is 0.955. The van der Waals surface area contributed by atoms with E-state index in [0.29, 0.717) is 16.4 Å². The van der Waals surface area contributed by atoms with Crippen molar-refractivity contribution in [2.24, 2.45) is 0 Å². The van der Waals surface area contributed by atoms with E-state index in [1.165, 1.54) is 4.90 Å². The third-order valence-corrected chi connectivity index (χ3v) is 5.05. The molecule has 1 aliphatic rings. The summed E-state index contributed by atoms with van der Waals surface area (Å²) in [5.74, 6) is 0.946. The van der Waals surface area contributed by atoms with Crippen molar-refractivity contribution in [1.82, 2.24) is 4.90 Å². The number of carbonyl (C=O) groups is 2. The summed E-state index contributed by atoms with van der Waals surface area (Å²) < 4.78 is 11.1. The summed E-state index contributed by atoms with van der Waals surface area (Å²) in [5, 5.41) is -0.260. The fraction of sp³-hybridized carbons (Fsp3) is 0.273. The summed E-state index contributed by atoms with van der Waals surface area (Å²) in [4.78, 5) is 26.8. The number of benzene rings is 2. The van der Waals surface area contributed by atoms with E-state index in [1.54, 1.807) is 19.3 Å². The number of methoxy groups -OCH3 is 1. The Morgan fingerprint density at radius 2 is 1.89 bits per heavy atom. The predicted molar refractivity (Wildman–Crippen MR) is 111 cm³/mol. The molecule has 0 atom stereocenters. The van der Waals surface area contributed by atoms with E-state index in [1.807, 2.05) is 57.2 Å². The van der Waals surface area contributed by atoms with Crippen molar-refractivity contribution in [2.75, 3.05) is 7.11 Å². The number of aryl methyl sites for hydroxylation is 1. The van der Waals surface area contributed by atoms with Gasteiger partial charge in [0.05, 0.1) is 24.7 Å². The predicted octanol–water partition coefficient (Wildman–Crippen LogP) is 5.03. The maximum atomic E-state index is 12.7. The molecule has 0 aromatic heterocycles. The van der Waals surface area contributed by atoms with Crippen LogP contribution < -0.4 is 9.47 Å². The lowest BCUT2D eigenvalue weighted by Crippen LogP contribution is -2.27. The molecule has 0 spiro atoms. The molecule has 0 unspecified atom stereocenters. The van der Waals surface area contributed by atoms with Gasteiger partial charge in [0.25, 0.3) is 11.1 Å². The lowest BCUT2D eigenvalue weighted by Gasteiger charge is -2.14. The molecule has 0 aliphatic carbocycles. The molecule has 2 aromatic carbocycles. The average molecular weight is 397 g/mol. The fourth-order valence-electron chi connectivity index (χ4n) is 2.91. The number of imide groups is 1. The van der Waals surface area contributed by atoms with Crippen molar-refractivity contribution in [3.63, 3.8) is 0 Å². The van der Waals surface area contributed by atoms with Crippen LogP contribution in [0.1, 0.15) is 30.5 Å². The highest BCUT2D eigenvalue weighted by Gasteiger charge is 2.35. The van der Waals surface area contributed by atoms with Crippen LogP contribution in [0, 0.1) is 6.92 Å². The highest BCUT2D eigenvalue weighted by atomic mass is 32.2. The van der Waals surface area contributed by atoms with E-state index in [2.05, 4.69) is 0 Å². The Balaban J connectivity index is 1.81. The minimum Gasteiger partial charge on any atom is -0.493 e. The van der Waals surface area contributed by atoms with Crippen LogP contribution in [0.25, 0.3) is 6.08 Å².